The molecule has 0 spiro atoms. The van der Waals surface area contributed by atoms with Crippen molar-refractivity contribution in [1.29, 1.82) is 0 Å². The van der Waals surface area contributed by atoms with Crippen LogP contribution in [0.5, 0.6) is 0 Å². The van der Waals surface area contributed by atoms with Gasteiger partial charge in [0.05, 0.1) is 28.2 Å². The molecule has 1 atom stereocenters. The Bertz CT molecular complexity index is 1190. The first-order chi connectivity index (χ1) is 13.9. The fourth-order valence-electron chi connectivity index (χ4n) is 3.26. The van der Waals surface area contributed by atoms with Gasteiger partial charge < -0.3 is 0 Å². The van der Waals surface area contributed by atoms with Crippen LogP contribution in [0, 0.1) is 10.1 Å². The lowest BCUT2D eigenvalue weighted by molar-refractivity contribution is -0.384. The van der Waals surface area contributed by atoms with Crippen LogP contribution in [-0.4, -0.2) is 46.9 Å². The standard InChI is InChI=1S/C20H18N4O4S/c25-24(26)19-8-4-5-15(11-19)20-16(12-21-17-9-10-29(27,28)14-17)13-23(22-20)18-6-2-1-3-7-18/h1-8,11-13,17H,9-10,14H2/t17-/m1/s1. The molecule has 2 heterocycles. The fraction of sp³-hybridized carbons (Fsp3) is 0.200. The minimum atomic E-state index is -3.02. The van der Waals surface area contributed by atoms with Crippen molar-refractivity contribution in [2.24, 2.45) is 4.99 Å². The van der Waals surface area contributed by atoms with E-state index in [1.54, 1.807) is 29.2 Å². The Morgan fingerprint density at radius 3 is 2.66 bits per heavy atom. The van der Waals surface area contributed by atoms with Gasteiger partial charge in [-0.15, -0.1) is 0 Å². The van der Waals surface area contributed by atoms with Crippen LogP contribution in [0.2, 0.25) is 0 Å². The van der Waals surface area contributed by atoms with E-state index in [4.69, 9.17) is 0 Å². The average Bonchev–Trinajstić information content (AvgIpc) is 3.30. The molecule has 2 aromatic carbocycles. The molecule has 9 heteroatoms. The Morgan fingerprint density at radius 1 is 1.17 bits per heavy atom. The second-order valence-corrected chi connectivity index (χ2v) is 9.08. The van der Waals surface area contributed by atoms with E-state index in [0.29, 0.717) is 23.2 Å². The van der Waals surface area contributed by atoms with Crippen molar-refractivity contribution < 1.29 is 13.3 Å². The van der Waals surface area contributed by atoms with E-state index in [0.717, 1.165) is 5.69 Å². The maximum Gasteiger partial charge on any atom is 0.270 e. The largest absolute Gasteiger partial charge is 0.288 e. The van der Waals surface area contributed by atoms with Crippen molar-refractivity contribution in [3.05, 3.63) is 76.5 Å². The quantitative estimate of drug-likeness (QED) is 0.365. The molecule has 0 amide bonds. The van der Waals surface area contributed by atoms with Gasteiger partial charge in [0.25, 0.3) is 5.69 Å². The zero-order valence-electron chi connectivity index (χ0n) is 15.4. The summed E-state index contributed by atoms with van der Waals surface area (Å²) in [6, 6.07) is 15.5. The van der Waals surface area contributed by atoms with Crippen molar-refractivity contribution in [3.8, 4) is 16.9 Å². The summed E-state index contributed by atoms with van der Waals surface area (Å²) in [5.41, 5.74) is 2.61. The van der Waals surface area contributed by atoms with Gasteiger partial charge in [0, 0.05) is 35.7 Å². The highest BCUT2D eigenvalue weighted by atomic mass is 32.2. The number of aliphatic imine (C=N–C) groups is 1. The molecule has 0 aliphatic carbocycles. The SMILES string of the molecule is O=[N+]([O-])c1cccc(-c2nn(-c3ccccc3)cc2C=N[C@@H]2CCS(=O)(=O)C2)c1. The van der Waals surface area contributed by atoms with Gasteiger partial charge in [-0.3, -0.25) is 15.1 Å². The lowest BCUT2D eigenvalue weighted by Gasteiger charge is -2.01. The summed E-state index contributed by atoms with van der Waals surface area (Å²) in [4.78, 5) is 15.2. The summed E-state index contributed by atoms with van der Waals surface area (Å²) >= 11 is 0. The Balaban J connectivity index is 1.75. The van der Waals surface area contributed by atoms with E-state index in [9.17, 15) is 18.5 Å². The van der Waals surface area contributed by atoms with Crippen molar-refractivity contribution in [3.63, 3.8) is 0 Å². The Morgan fingerprint density at radius 2 is 1.97 bits per heavy atom. The molecular formula is C20H18N4O4S. The number of para-hydroxylation sites is 1. The predicted molar refractivity (Wildman–Crippen MR) is 110 cm³/mol. The topological polar surface area (TPSA) is 107 Å². The predicted octanol–water partition coefficient (Wildman–Crippen LogP) is 3.05. The molecule has 1 aliphatic heterocycles. The molecule has 1 fully saturated rings. The minimum absolute atomic E-state index is 0.0264. The van der Waals surface area contributed by atoms with Gasteiger partial charge in [0.15, 0.2) is 9.84 Å². The van der Waals surface area contributed by atoms with Crippen LogP contribution in [0.4, 0.5) is 5.69 Å². The molecule has 148 valence electrons. The summed E-state index contributed by atoms with van der Waals surface area (Å²) in [6.45, 7) is 0. The number of non-ortho nitro benzene ring substituents is 1. The number of sulfone groups is 1. The lowest BCUT2D eigenvalue weighted by atomic mass is 10.1. The molecular weight excluding hydrogens is 392 g/mol. The first-order valence-corrected chi connectivity index (χ1v) is 10.9. The monoisotopic (exact) mass is 410 g/mol. The fourth-order valence-corrected chi connectivity index (χ4v) is 4.90. The summed E-state index contributed by atoms with van der Waals surface area (Å²) < 4.78 is 25.0. The summed E-state index contributed by atoms with van der Waals surface area (Å²) in [5.74, 6) is 0.193. The van der Waals surface area contributed by atoms with Crippen LogP contribution < -0.4 is 0 Å². The number of rotatable bonds is 5. The first-order valence-electron chi connectivity index (χ1n) is 9.05. The molecule has 4 rings (SSSR count). The number of nitrogens with zero attached hydrogens (tertiary/aromatic N) is 4. The normalized spacial score (nSPS) is 18.3. The number of hydrogen-bond donors (Lipinski definition) is 0. The van der Waals surface area contributed by atoms with Crippen LogP contribution >= 0.6 is 0 Å². The van der Waals surface area contributed by atoms with Gasteiger partial charge in [-0.2, -0.15) is 5.10 Å². The van der Waals surface area contributed by atoms with Crippen LogP contribution in [0.15, 0.2) is 65.8 Å². The Labute approximate surface area is 167 Å². The minimum Gasteiger partial charge on any atom is -0.288 e. The third-order valence-corrected chi connectivity index (χ3v) is 6.48. The van der Waals surface area contributed by atoms with Gasteiger partial charge in [-0.05, 0) is 18.6 Å². The molecule has 0 saturated carbocycles. The average molecular weight is 410 g/mol. The molecule has 3 aromatic rings. The van der Waals surface area contributed by atoms with Crippen LogP contribution in [-0.2, 0) is 9.84 Å². The Kier molecular flexibility index (Phi) is 4.98. The van der Waals surface area contributed by atoms with E-state index < -0.39 is 14.8 Å². The second kappa shape index (κ2) is 7.59. The second-order valence-electron chi connectivity index (χ2n) is 6.86. The molecule has 0 N–H and O–H groups in total. The molecule has 0 bridgehead atoms. The summed E-state index contributed by atoms with van der Waals surface area (Å²) in [5, 5.41) is 15.8. The summed E-state index contributed by atoms with van der Waals surface area (Å²) in [7, 11) is -3.02. The lowest BCUT2D eigenvalue weighted by Crippen LogP contribution is -2.07. The van der Waals surface area contributed by atoms with Gasteiger partial charge in [0.2, 0.25) is 0 Å². The number of aromatic nitrogens is 2. The number of nitro benzene ring substituents is 1. The van der Waals surface area contributed by atoms with Crippen molar-refractivity contribution in [2.45, 2.75) is 12.5 Å². The Hall–Kier alpha value is -3.33. The van der Waals surface area contributed by atoms with Crippen molar-refractivity contribution in [1.82, 2.24) is 9.78 Å². The van der Waals surface area contributed by atoms with Gasteiger partial charge >= 0.3 is 0 Å². The van der Waals surface area contributed by atoms with E-state index in [2.05, 4.69) is 10.1 Å². The summed E-state index contributed by atoms with van der Waals surface area (Å²) in [6.07, 6.45) is 3.90. The number of benzene rings is 2. The van der Waals surface area contributed by atoms with E-state index in [1.807, 2.05) is 30.3 Å². The van der Waals surface area contributed by atoms with Gasteiger partial charge in [-0.1, -0.05) is 30.3 Å². The molecule has 0 unspecified atom stereocenters. The number of nitro groups is 1. The maximum atomic E-state index is 11.7. The highest BCUT2D eigenvalue weighted by Gasteiger charge is 2.27. The molecule has 0 radical (unpaired) electrons. The molecule has 1 saturated heterocycles. The first kappa shape index (κ1) is 19.0. The highest BCUT2D eigenvalue weighted by molar-refractivity contribution is 7.91. The van der Waals surface area contributed by atoms with E-state index >= 15 is 0 Å². The maximum absolute atomic E-state index is 11.7. The van der Waals surface area contributed by atoms with Crippen molar-refractivity contribution >= 4 is 21.7 Å². The smallest absolute Gasteiger partial charge is 0.270 e. The van der Waals surface area contributed by atoms with E-state index in [-0.39, 0.29) is 23.2 Å². The van der Waals surface area contributed by atoms with Crippen LogP contribution in [0.1, 0.15) is 12.0 Å². The zero-order valence-corrected chi connectivity index (χ0v) is 16.2. The zero-order chi connectivity index (χ0) is 20.4. The highest BCUT2D eigenvalue weighted by Crippen LogP contribution is 2.26. The van der Waals surface area contributed by atoms with Crippen molar-refractivity contribution in [2.75, 3.05) is 11.5 Å². The molecule has 29 heavy (non-hydrogen) atoms. The van der Waals surface area contributed by atoms with E-state index in [1.165, 1.54) is 12.1 Å². The van der Waals surface area contributed by atoms with Crippen LogP contribution in [0.25, 0.3) is 16.9 Å². The molecule has 1 aliphatic rings. The molecule has 1 aromatic heterocycles. The van der Waals surface area contributed by atoms with Crippen LogP contribution in [0.3, 0.4) is 0 Å². The number of hydrogen-bond acceptors (Lipinski definition) is 6. The van der Waals surface area contributed by atoms with Gasteiger partial charge in [0.1, 0.15) is 5.69 Å². The third kappa shape index (κ3) is 4.24. The van der Waals surface area contributed by atoms with Gasteiger partial charge in [-0.25, -0.2) is 13.1 Å². The third-order valence-electron chi connectivity index (χ3n) is 4.73. The molecule has 8 nitrogen and oxygen atoms in total.